The second-order valence-corrected chi connectivity index (χ2v) is 6.58. The third-order valence-corrected chi connectivity index (χ3v) is 4.97. The van der Waals surface area contributed by atoms with Crippen molar-refractivity contribution in [3.63, 3.8) is 0 Å². The van der Waals surface area contributed by atoms with Crippen LogP contribution in [0.5, 0.6) is 0 Å². The zero-order chi connectivity index (χ0) is 12.3. The number of hydrogen-bond donors (Lipinski definition) is 3. The lowest BCUT2D eigenvalue weighted by atomic mass is 10.3. The Morgan fingerprint density at radius 1 is 1.69 bits per heavy atom. The largest absolute Gasteiger partial charge is 0.409 e. The van der Waals surface area contributed by atoms with E-state index in [2.05, 4.69) is 9.88 Å². The van der Waals surface area contributed by atoms with Gasteiger partial charge in [-0.1, -0.05) is 16.8 Å². The highest BCUT2D eigenvalue weighted by molar-refractivity contribution is 7.91. The fourth-order valence-corrected chi connectivity index (χ4v) is 3.60. The summed E-state index contributed by atoms with van der Waals surface area (Å²) in [5.41, 5.74) is 5.26. The Labute approximate surface area is 102 Å². The molecule has 1 rings (SSSR count). The van der Waals surface area contributed by atoms with Gasteiger partial charge in [0.1, 0.15) is 4.21 Å². The minimum atomic E-state index is -3.68. The van der Waals surface area contributed by atoms with Gasteiger partial charge in [-0.05, 0) is 19.1 Å². The normalized spacial score (nSPS) is 15.0. The number of rotatable bonds is 4. The van der Waals surface area contributed by atoms with Gasteiger partial charge in [0.2, 0.25) is 0 Å². The Morgan fingerprint density at radius 3 is 2.75 bits per heavy atom. The summed E-state index contributed by atoms with van der Waals surface area (Å²) in [4.78, 5) is 0. The summed E-state index contributed by atoms with van der Waals surface area (Å²) in [6, 6.07) is 2.07. The first-order valence-corrected chi connectivity index (χ1v) is 6.79. The minimum Gasteiger partial charge on any atom is -0.409 e. The van der Waals surface area contributed by atoms with E-state index >= 15 is 0 Å². The average Bonchev–Trinajstić information content (AvgIpc) is 2.63. The lowest BCUT2D eigenvalue weighted by Gasteiger charge is -2.11. The van der Waals surface area contributed by atoms with Gasteiger partial charge in [-0.15, -0.1) is 11.3 Å². The van der Waals surface area contributed by atoms with Gasteiger partial charge in [-0.3, -0.25) is 0 Å². The van der Waals surface area contributed by atoms with Crippen molar-refractivity contribution in [2.45, 2.75) is 17.2 Å². The second-order valence-electron chi connectivity index (χ2n) is 2.93. The molecular formula is C7H10ClN3O3S2. The lowest BCUT2D eigenvalue weighted by molar-refractivity contribution is 0.316. The smallest absolute Gasteiger partial charge is 0.250 e. The molecule has 0 amide bonds. The molecule has 9 heteroatoms. The molecule has 0 saturated heterocycles. The van der Waals surface area contributed by atoms with Crippen LogP contribution in [-0.4, -0.2) is 25.5 Å². The van der Waals surface area contributed by atoms with Crippen LogP contribution in [0.15, 0.2) is 21.5 Å². The Balaban J connectivity index is 2.89. The number of thiophene rings is 1. The molecular weight excluding hydrogens is 274 g/mol. The van der Waals surface area contributed by atoms with Crippen molar-refractivity contribution < 1.29 is 13.6 Å². The van der Waals surface area contributed by atoms with Gasteiger partial charge in [0.05, 0.1) is 10.4 Å². The molecule has 0 saturated carbocycles. The van der Waals surface area contributed by atoms with Crippen molar-refractivity contribution in [3.8, 4) is 0 Å². The van der Waals surface area contributed by atoms with Crippen LogP contribution >= 0.6 is 22.9 Å². The summed E-state index contributed by atoms with van der Waals surface area (Å²) < 4.78 is 26.1. The van der Waals surface area contributed by atoms with Gasteiger partial charge in [0.25, 0.3) is 10.0 Å². The molecule has 0 radical (unpaired) electrons. The molecule has 0 aliphatic heterocycles. The fraction of sp³-hybridized carbons (Fsp3) is 0.286. The van der Waals surface area contributed by atoms with Crippen LogP contribution in [0, 0.1) is 0 Å². The van der Waals surface area contributed by atoms with Crippen molar-refractivity contribution in [2.75, 3.05) is 0 Å². The molecule has 0 spiro atoms. The molecule has 0 aliphatic rings. The van der Waals surface area contributed by atoms with Gasteiger partial charge >= 0.3 is 0 Å². The van der Waals surface area contributed by atoms with E-state index in [0.717, 1.165) is 11.3 Å². The maximum absolute atomic E-state index is 11.7. The summed E-state index contributed by atoms with van der Waals surface area (Å²) in [7, 11) is -3.68. The topological polar surface area (TPSA) is 105 Å². The molecule has 1 unspecified atom stereocenters. The SMILES string of the molecule is CC(NS(=O)(=O)c1ccc(Cl)s1)/C(N)=N/O. The number of oxime groups is 1. The monoisotopic (exact) mass is 283 g/mol. The minimum absolute atomic E-state index is 0.0788. The summed E-state index contributed by atoms with van der Waals surface area (Å²) in [6.45, 7) is 1.46. The zero-order valence-corrected chi connectivity index (χ0v) is 10.6. The highest BCUT2D eigenvalue weighted by Crippen LogP contribution is 2.25. The van der Waals surface area contributed by atoms with Crippen LogP contribution in [-0.2, 0) is 10.0 Å². The molecule has 0 fully saturated rings. The quantitative estimate of drug-likeness (QED) is 0.329. The van der Waals surface area contributed by atoms with E-state index < -0.39 is 16.1 Å². The van der Waals surface area contributed by atoms with Crippen molar-refractivity contribution in [3.05, 3.63) is 16.5 Å². The molecule has 6 nitrogen and oxygen atoms in total. The van der Waals surface area contributed by atoms with Crippen LogP contribution in [0.1, 0.15) is 6.92 Å². The predicted molar refractivity (Wildman–Crippen MR) is 62.5 cm³/mol. The maximum atomic E-state index is 11.7. The standard InChI is InChI=1S/C7H10ClN3O3S2/c1-4(7(9)10-12)11-16(13,14)6-3-2-5(8)15-6/h2-4,11-12H,1H3,(H2,9,10). The average molecular weight is 284 g/mol. The maximum Gasteiger partial charge on any atom is 0.250 e. The van der Waals surface area contributed by atoms with Gasteiger partial charge < -0.3 is 10.9 Å². The van der Waals surface area contributed by atoms with Crippen LogP contribution < -0.4 is 10.5 Å². The Bertz CT molecular complexity index is 497. The first-order chi connectivity index (χ1) is 7.36. The van der Waals surface area contributed by atoms with Crippen molar-refractivity contribution >= 4 is 38.8 Å². The highest BCUT2D eigenvalue weighted by Gasteiger charge is 2.21. The van der Waals surface area contributed by atoms with Crippen LogP contribution in [0.2, 0.25) is 4.34 Å². The number of hydrogen-bond acceptors (Lipinski definition) is 5. The number of nitrogens with one attached hydrogen (secondary N) is 1. The second kappa shape index (κ2) is 5.00. The third-order valence-electron chi connectivity index (χ3n) is 1.70. The molecule has 0 bridgehead atoms. The number of nitrogens with zero attached hydrogens (tertiary/aromatic N) is 1. The van der Waals surface area contributed by atoms with Crippen LogP contribution in [0.4, 0.5) is 0 Å². The van der Waals surface area contributed by atoms with Gasteiger partial charge in [0, 0.05) is 0 Å². The summed E-state index contributed by atoms with van der Waals surface area (Å²) >= 11 is 6.56. The first kappa shape index (κ1) is 13.2. The van der Waals surface area contributed by atoms with E-state index in [1.54, 1.807) is 0 Å². The number of amidine groups is 1. The van der Waals surface area contributed by atoms with Gasteiger partial charge in [-0.2, -0.15) is 4.72 Å². The van der Waals surface area contributed by atoms with Crippen LogP contribution in [0.3, 0.4) is 0 Å². The van der Waals surface area contributed by atoms with E-state index in [1.165, 1.54) is 19.1 Å². The highest BCUT2D eigenvalue weighted by atomic mass is 35.5. The van der Waals surface area contributed by atoms with Crippen molar-refractivity contribution in [1.29, 1.82) is 0 Å². The number of halogens is 1. The Hall–Kier alpha value is -0.830. The molecule has 16 heavy (non-hydrogen) atoms. The van der Waals surface area contributed by atoms with Gasteiger partial charge in [0.15, 0.2) is 5.84 Å². The van der Waals surface area contributed by atoms with E-state index in [0.29, 0.717) is 4.34 Å². The third kappa shape index (κ3) is 3.08. The summed E-state index contributed by atoms with van der Waals surface area (Å²) in [5, 5.41) is 11.1. The Morgan fingerprint density at radius 2 is 2.31 bits per heavy atom. The summed E-state index contributed by atoms with van der Waals surface area (Å²) in [5.74, 6) is -0.216. The molecule has 1 atom stereocenters. The van der Waals surface area contributed by atoms with Crippen molar-refractivity contribution in [2.24, 2.45) is 10.9 Å². The number of sulfonamides is 1. The number of nitrogens with two attached hydrogens (primary N) is 1. The molecule has 4 N–H and O–H groups in total. The van der Waals surface area contributed by atoms with E-state index in [9.17, 15) is 8.42 Å². The molecule has 90 valence electrons. The first-order valence-electron chi connectivity index (χ1n) is 4.12. The molecule has 1 aromatic heterocycles. The molecule has 1 aromatic rings. The zero-order valence-electron chi connectivity index (χ0n) is 8.21. The van der Waals surface area contributed by atoms with Crippen LogP contribution in [0.25, 0.3) is 0 Å². The molecule has 0 aliphatic carbocycles. The molecule has 0 aromatic carbocycles. The van der Waals surface area contributed by atoms with Gasteiger partial charge in [-0.25, -0.2) is 8.42 Å². The fourth-order valence-electron chi connectivity index (χ4n) is 0.880. The van der Waals surface area contributed by atoms with E-state index in [4.69, 9.17) is 22.5 Å². The Kier molecular flexibility index (Phi) is 4.14. The predicted octanol–water partition coefficient (Wildman–Crippen LogP) is 0.815. The molecule has 1 heterocycles. The van der Waals surface area contributed by atoms with Crippen molar-refractivity contribution in [1.82, 2.24) is 4.72 Å². The summed E-state index contributed by atoms with van der Waals surface area (Å²) in [6.07, 6.45) is 0. The van der Waals surface area contributed by atoms with E-state index in [-0.39, 0.29) is 10.0 Å². The lowest BCUT2D eigenvalue weighted by Crippen LogP contribution is -2.42. The van der Waals surface area contributed by atoms with E-state index in [1.807, 2.05) is 0 Å².